The number of rotatable bonds is 4. The highest BCUT2D eigenvalue weighted by atomic mass is 35.5. The third-order valence-electron chi connectivity index (χ3n) is 6.23. The molecule has 1 aromatic heterocycles. The van der Waals surface area contributed by atoms with Crippen LogP contribution in [0.3, 0.4) is 0 Å². The summed E-state index contributed by atoms with van der Waals surface area (Å²) in [6.45, 7) is 6.87. The molecule has 3 amide bonds. The maximum Gasteiger partial charge on any atom is 0.318 e. The number of primary amides is 1. The van der Waals surface area contributed by atoms with Gasteiger partial charge in [0, 0.05) is 24.7 Å². The Morgan fingerprint density at radius 2 is 1.94 bits per heavy atom. The molecular weight excluding hydrogens is 473 g/mol. The van der Waals surface area contributed by atoms with Crippen LogP contribution >= 0.6 is 11.6 Å². The van der Waals surface area contributed by atoms with Gasteiger partial charge in [0.25, 0.3) is 5.91 Å². The van der Waals surface area contributed by atoms with Crippen LogP contribution in [-0.2, 0) is 17.9 Å². The standard InChI is InChI=1S/C25H31ClFN5O3/c1-25(2,3)35-30-18-9-7-17(8-10-18)29-24(34)31-11-12-32-19(14-31)21(23(28)33)20(22(32)26)15-5-4-6-16(27)13-15/h4-6,13,17H,7-12,14H2,1-3H3,(H2,28,33)(H,29,34). The summed E-state index contributed by atoms with van der Waals surface area (Å²) >= 11 is 6.62. The predicted octanol–water partition coefficient (Wildman–Crippen LogP) is 4.69. The lowest BCUT2D eigenvalue weighted by atomic mass is 9.94. The van der Waals surface area contributed by atoms with Crippen molar-refractivity contribution in [1.82, 2.24) is 14.8 Å². The molecule has 0 saturated heterocycles. The molecule has 35 heavy (non-hydrogen) atoms. The van der Waals surface area contributed by atoms with Gasteiger partial charge in [-0.05, 0) is 64.2 Å². The van der Waals surface area contributed by atoms with Crippen LogP contribution in [0.5, 0.6) is 0 Å². The largest absolute Gasteiger partial charge is 0.390 e. The number of fused-ring (bicyclic) bond motifs is 1. The zero-order chi connectivity index (χ0) is 25.3. The van der Waals surface area contributed by atoms with E-state index in [0.717, 1.165) is 31.4 Å². The minimum atomic E-state index is -0.668. The third kappa shape index (κ3) is 5.61. The van der Waals surface area contributed by atoms with Crippen LogP contribution in [0.15, 0.2) is 29.4 Å². The van der Waals surface area contributed by atoms with Crippen molar-refractivity contribution in [3.05, 3.63) is 46.5 Å². The fourth-order valence-corrected chi connectivity index (χ4v) is 4.90. The Labute approximate surface area is 209 Å². The number of oxime groups is 1. The van der Waals surface area contributed by atoms with Gasteiger partial charge in [-0.1, -0.05) is 28.9 Å². The Morgan fingerprint density at radius 1 is 1.23 bits per heavy atom. The smallest absolute Gasteiger partial charge is 0.318 e. The Kier molecular flexibility index (Phi) is 7.07. The molecule has 2 aliphatic rings. The molecule has 1 aromatic carbocycles. The molecule has 2 heterocycles. The maximum absolute atomic E-state index is 13.9. The third-order valence-corrected chi connectivity index (χ3v) is 6.62. The fraction of sp³-hybridized carbons (Fsp3) is 0.480. The monoisotopic (exact) mass is 503 g/mol. The molecule has 1 aliphatic heterocycles. The van der Waals surface area contributed by atoms with Crippen LogP contribution in [0.25, 0.3) is 11.1 Å². The van der Waals surface area contributed by atoms with E-state index in [9.17, 15) is 14.0 Å². The topological polar surface area (TPSA) is 102 Å². The number of hydrogen-bond donors (Lipinski definition) is 2. The SMILES string of the molecule is CC(C)(C)ON=C1CCC(NC(=O)N2CCn3c(Cl)c(-c4cccc(F)c4)c(C(N)=O)c3C2)CC1. The van der Waals surface area contributed by atoms with Crippen LogP contribution in [0, 0.1) is 5.82 Å². The van der Waals surface area contributed by atoms with Crippen molar-refractivity contribution in [3.63, 3.8) is 0 Å². The molecule has 1 aliphatic carbocycles. The normalized spacial score (nSPS) is 18.1. The summed E-state index contributed by atoms with van der Waals surface area (Å²) in [6.07, 6.45) is 3.10. The van der Waals surface area contributed by atoms with Gasteiger partial charge in [0.05, 0.1) is 23.5 Å². The van der Waals surface area contributed by atoms with E-state index >= 15 is 0 Å². The van der Waals surface area contributed by atoms with Crippen molar-refractivity contribution in [1.29, 1.82) is 0 Å². The number of nitrogens with one attached hydrogen (secondary N) is 1. The summed E-state index contributed by atoms with van der Waals surface area (Å²) in [7, 11) is 0. The molecule has 1 saturated carbocycles. The number of hydrogen-bond acceptors (Lipinski definition) is 4. The highest BCUT2D eigenvalue weighted by Gasteiger charge is 2.32. The van der Waals surface area contributed by atoms with Crippen LogP contribution in [0.4, 0.5) is 9.18 Å². The molecule has 0 unspecified atom stereocenters. The molecule has 0 bridgehead atoms. The van der Waals surface area contributed by atoms with Gasteiger partial charge < -0.3 is 25.4 Å². The second kappa shape index (κ2) is 9.89. The number of amides is 3. The maximum atomic E-state index is 13.9. The number of halogens is 2. The van der Waals surface area contributed by atoms with Gasteiger partial charge in [-0.25, -0.2) is 9.18 Å². The Hall–Kier alpha value is -3.07. The molecule has 188 valence electrons. The molecule has 0 spiro atoms. The van der Waals surface area contributed by atoms with Crippen molar-refractivity contribution >= 4 is 29.3 Å². The predicted molar refractivity (Wildman–Crippen MR) is 133 cm³/mol. The number of nitrogens with zero attached hydrogens (tertiary/aromatic N) is 3. The lowest BCUT2D eigenvalue weighted by molar-refractivity contribution is -0.0000870. The highest BCUT2D eigenvalue weighted by Crippen LogP contribution is 2.38. The van der Waals surface area contributed by atoms with Gasteiger partial charge in [0.1, 0.15) is 16.6 Å². The number of urea groups is 1. The van der Waals surface area contributed by atoms with Crippen LogP contribution in [-0.4, -0.2) is 45.3 Å². The molecule has 0 radical (unpaired) electrons. The molecular formula is C25H31ClFN5O3. The first-order chi connectivity index (χ1) is 16.5. The van der Waals surface area contributed by atoms with Gasteiger partial charge in [0.2, 0.25) is 0 Å². The Morgan fingerprint density at radius 3 is 2.57 bits per heavy atom. The number of benzene rings is 1. The molecule has 8 nitrogen and oxygen atoms in total. The van der Waals surface area contributed by atoms with Crippen molar-refractivity contribution in [2.45, 2.75) is 71.2 Å². The molecule has 1 fully saturated rings. The average molecular weight is 504 g/mol. The molecule has 3 N–H and O–H groups in total. The lowest BCUT2D eigenvalue weighted by Gasteiger charge is -2.32. The minimum absolute atomic E-state index is 0.0341. The van der Waals surface area contributed by atoms with E-state index in [0.29, 0.717) is 35.1 Å². The van der Waals surface area contributed by atoms with Gasteiger partial charge in [-0.15, -0.1) is 0 Å². The quantitative estimate of drug-likeness (QED) is 0.592. The Balaban J connectivity index is 1.46. The van der Waals surface area contributed by atoms with E-state index in [2.05, 4.69) is 10.5 Å². The van der Waals surface area contributed by atoms with Crippen LogP contribution in [0.1, 0.15) is 62.5 Å². The lowest BCUT2D eigenvalue weighted by Crippen LogP contribution is -2.48. The van der Waals surface area contributed by atoms with Crippen molar-refractivity contribution in [2.24, 2.45) is 10.9 Å². The van der Waals surface area contributed by atoms with Crippen molar-refractivity contribution in [2.75, 3.05) is 6.54 Å². The zero-order valence-corrected chi connectivity index (χ0v) is 21.0. The first-order valence-corrected chi connectivity index (χ1v) is 12.2. The second-order valence-electron chi connectivity index (χ2n) is 10.0. The van der Waals surface area contributed by atoms with Crippen LogP contribution in [0.2, 0.25) is 5.15 Å². The molecule has 2 aromatic rings. The second-order valence-corrected chi connectivity index (χ2v) is 10.4. The number of carbonyl (C=O) groups excluding carboxylic acids is 2. The number of carbonyl (C=O) groups is 2. The number of nitrogens with two attached hydrogens (primary N) is 1. The van der Waals surface area contributed by atoms with Gasteiger partial charge in [0.15, 0.2) is 0 Å². The van der Waals surface area contributed by atoms with E-state index in [1.807, 2.05) is 20.8 Å². The molecule has 10 heteroatoms. The summed E-state index contributed by atoms with van der Waals surface area (Å²) in [4.78, 5) is 32.6. The first kappa shape index (κ1) is 25.0. The van der Waals surface area contributed by atoms with E-state index in [-0.39, 0.29) is 29.8 Å². The van der Waals surface area contributed by atoms with E-state index in [4.69, 9.17) is 22.2 Å². The molecule has 0 atom stereocenters. The summed E-state index contributed by atoms with van der Waals surface area (Å²) in [5.74, 6) is -1.11. The minimum Gasteiger partial charge on any atom is -0.390 e. The van der Waals surface area contributed by atoms with E-state index < -0.39 is 11.7 Å². The van der Waals surface area contributed by atoms with Gasteiger partial charge >= 0.3 is 6.03 Å². The van der Waals surface area contributed by atoms with Crippen molar-refractivity contribution in [3.8, 4) is 11.1 Å². The average Bonchev–Trinajstić information content (AvgIpc) is 3.10. The fourth-order valence-electron chi connectivity index (χ4n) is 4.51. The first-order valence-electron chi connectivity index (χ1n) is 11.8. The summed E-state index contributed by atoms with van der Waals surface area (Å²) < 4.78 is 15.7. The van der Waals surface area contributed by atoms with Crippen molar-refractivity contribution < 1.29 is 18.8 Å². The van der Waals surface area contributed by atoms with E-state index in [1.165, 1.54) is 12.1 Å². The van der Waals surface area contributed by atoms with Gasteiger partial charge in [-0.3, -0.25) is 4.79 Å². The summed E-state index contributed by atoms with van der Waals surface area (Å²) in [6, 6.07) is 5.70. The number of aromatic nitrogens is 1. The molecule has 4 rings (SSSR count). The van der Waals surface area contributed by atoms with Crippen LogP contribution < -0.4 is 11.1 Å². The zero-order valence-electron chi connectivity index (χ0n) is 20.2. The van der Waals surface area contributed by atoms with E-state index in [1.54, 1.807) is 21.6 Å². The Bertz CT molecular complexity index is 1160. The highest BCUT2D eigenvalue weighted by molar-refractivity contribution is 6.33. The van der Waals surface area contributed by atoms with Gasteiger partial charge in [-0.2, -0.15) is 0 Å². The summed E-state index contributed by atoms with van der Waals surface area (Å²) in [5.41, 5.74) is 8.03. The summed E-state index contributed by atoms with van der Waals surface area (Å²) in [5, 5.41) is 7.68.